The number of rotatable bonds is 2. The van der Waals surface area contributed by atoms with E-state index in [-0.39, 0.29) is 0 Å². The van der Waals surface area contributed by atoms with Crippen LogP contribution in [0.3, 0.4) is 0 Å². The second kappa shape index (κ2) is 3.59. The van der Waals surface area contributed by atoms with Crippen LogP contribution in [0.15, 0.2) is 0 Å². The molecule has 0 radical (unpaired) electrons. The van der Waals surface area contributed by atoms with Gasteiger partial charge in [-0.15, -0.1) is 0 Å². The number of phosphoric ester groups is 1. The summed E-state index contributed by atoms with van der Waals surface area (Å²) < 4.78 is 59.7. The average Bonchev–Trinajstić information content (AvgIpc) is 2.53. The topological polar surface area (TPSA) is 189 Å². The fraction of sp³-hybridized carbons (Fsp3) is 1.00. The van der Waals surface area contributed by atoms with Crippen LogP contribution in [0.5, 0.6) is 0 Å². The van der Waals surface area contributed by atoms with Gasteiger partial charge in [0, 0.05) is 0 Å². The van der Waals surface area contributed by atoms with Crippen LogP contribution >= 0.6 is 7.82 Å². The molecule has 0 aromatic carbocycles. The molecule has 20 heavy (non-hydrogen) atoms. The van der Waals surface area contributed by atoms with Crippen molar-refractivity contribution in [1.82, 2.24) is 0 Å². The molecule has 4 fully saturated rings. The Morgan fingerprint density at radius 2 is 1.65 bits per heavy atom. The maximum Gasteiger partial charge on any atom is 0.486 e. The molecule has 2 bridgehead atoms. The highest BCUT2D eigenvalue weighted by molar-refractivity contribution is 7.85. The summed E-state index contributed by atoms with van der Waals surface area (Å²) >= 11 is 0. The monoisotopic (exact) mass is 336 g/mol. The number of phosphoric acid groups is 1. The Kier molecular flexibility index (Phi) is 2.64. The second-order valence-electron chi connectivity index (χ2n) is 4.54. The molecule has 0 aromatic heterocycles. The summed E-state index contributed by atoms with van der Waals surface area (Å²) in [5.74, 6) is -10.4. The van der Waals surface area contributed by atoms with Gasteiger partial charge in [0.15, 0.2) is 0 Å². The first-order valence-corrected chi connectivity index (χ1v) is 8.10. The molecule has 4 atom stereocenters. The van der Waals surface area contributed by atoms with E-state index in [2.05, 4.69) is 18.3 Å². The van der Waals surface area contributed by atoms with Gasteiger partial charge >= 0.3 is 13.8 Å². The first-order chi connectivity index (χ1) is 8.85. The van der Waals surface area contributed by atoms with Gasteiger partial charge in [-0.2, -0.15) is 8.42 Å². The molecule has 0 saturated carbocycles. The Balaban J connectivity index is 2.02. The molecule has 0 aromatic rings. The van der Waals surface area contributed by atoms with Crippen LogP contribution in [0.25, 0.3) is 0 Å². The molecular weight excluding hydrogens is 327 g/mol. The molecule has 0 amide bonds. The summed E-state index contributed by atoms with van der Waals surface area (Å²) in [4.78, 5) is 0. The Hall–Kier alpha value is -0.180. The van der Waals surface area contributed by atoms with Crippen molar-refractivity contribution in [2.75, 3.05) is 5.75 Å². The Morgan fingerprint density at radius 1 is 1.10 bits per heavy atom. The van der Waals surface area contributed by atoms with E-state index in [4.69, 9.17) is 4.55 Å². The van der Waals surface area contributed by atoms with Crippen LogP contribution in [-0.2, 0) is 33.0 Å². The van der Waals surface area contributed by atoms with Gasteiger partial charge in [0.25, 0.3) is 15.9 Å². The van der Waals surface area contributed by atoms with Crippen LogP contribution in [0.1, 0.15) is 0 Å². The zero-order chi connectivity index (χ0) is 15.2. The van der Waals surface area contributed by atoms with Gasteiger partial charge in [-0.1, -0.05) is 0 Å². The van der Waals surface area contributed by atoms with E-state index >= 15 is 0 Å². The van der Waals surface area contributed by atoms with Gasteiger partial charge in [0.2, 0.25) is 5.79 Å². The van der Waals surface area contributed by atoms with Gasteiger partial charge in [0.05, 0.1) is 0 Å². The molecule has 14 heteroatoms. The zero-order valence-corrected chi connectivity index (χ0v) is 11.0. The van der Waals surface area contributed by atoms with E-state index in [1.54, 1.807) is 0 Å². The molecule has 5 N–H and O–H groups in total. The first kappa shape index (κ1) is 14.7. The van der Waals surface area contributed by atoms with Crippen LogP contribution in [0, 0.1) is 0 Å². The van der Waals surface area contributed by atoms with E-state index < -0.39 is 53.4 Å². The van der Waals surface area contributed by atoms with Crippen molar-refractivity contribution >= 4 is 17.9 Å². The molecule has 0 aliphatic carbocycles. The normalized spacial score (nSPS) is 58.0. The van der Waals surface area contributed by atoms with Crippen molar-refractivity contribution in [3.63, 3.8) is 0 Å². The highest BCUT2D eigenvalue weighted by Gasteiger charge is 2.88. The van der Waals surface area contributed by atoms with E-state index in [0.717, 1.165) is 0 Å². The number of ether oxygens (including phenoxy) is 1. The Bertz CT molecular complexity index is 605. The minimum Gasteiger partial charge on any atom is -0.384 e. The van der Waals surface area contributed by atoms with E-state index in [9.17, 15) is 33.4 Å². The molecule has 12 nitrogen and oxygen atoms in total. The van der Waals surface area contributed by atoms with Gasteiger partial charge in [-0.3, -0.25) is 9.29 Å². The van der Waals surface area contributed by atoms with Gasteiger partial charge in [-0.25, -0.2) is 18.1 Å². The predicted molar refractivity (Wildman–Crippen MR) is 53.0 cm³/mol. The molecule has 4 saturated heterocycles. The third-order valence-electron chi connectivity index (χ3n) is 3.02. The lowest BCUT2D eigenvalue weighted by Gasteiger charge is -2.50. The smallest absolute Gasteiger partial charge is 0.384 e. The summed E-state index contributed by atoms with van der Waals surface area (Å²) in [6.07, 6.45) is -4.85. The molecule has 116 valence electrons. The summed E-state index contributed by atoms with van der Waals surface area (Å²) in [7, 11) is -9.08. The van der Waals surface area contributed by atoms with E-state index in [1.807, 2.05) is 0 Å². The lowest BCUT2D eigenvalue weighted by atomic mass is 9.92. The fourth-order valence-corrected chi connectivity index (χ4v) is 4.50. The number of hydrogen-bond acceptors (Lipinski definition) is 11. The van der Waals surface area contributed by atoms with Crippen molar-refractivity contribution in [2.45, 2.75) is 29.8 Å². The highest BCUT2D eigenvalue weighted by atomic mass is 32.2. The average molecular weight is 336 g/mol. The molecule has 4 rings (SSSR count). The van der Waals surface area contributed by atoms with E-state index in [0.29, 0.717) is 0 Å². The molecule has 4 aliphatic rings. The van der Waals surface area contributed by atoms with Gasteiger partial charge in [-0.05, 0) is 0 Å². The zero-order valence-electron chi connectivity index (χ0n) is 9.31. The number of hydrogen-bond donors (Lipinski definition) is 5. The van der Waals surface area contributed by atoms with Crippen LogP contribution < -0.4 is 0 Å². The molecule has 4 heterocycles. The number of aliphatic hydroxyl groups excluding tert-OH is 2. The Morgan fingerprint density at radius 3 is 2.15 bits per heavy atom. The van der Waals surface area contributed by atoms with Crippen LogP contribution in [0.4, 0.5) is 0 Å². The largest absolute Gasteiger partial charge is 0.486 e. The van der Waals surface area contributed by atoms with Crippen molar-refractivity contribution < 1.29 is 56.3 Å². The van der Waals surface area contributed by atoms with Crippen molar-refractivity contribution in [3.8, 4) is 0 Å². The Labute approximate surface area is 110 Å². The SMILES string of the molecule is O=P12OC3(O[C@@](O)(CS(=O)(=O)O)[C@@H](O)[C@H](O)[C@@]3(O)O1)O2. The van der Waals surface area contributed by atoms with Crippen molar-refractivity contribution in [3.05, 3.63) is 0 Å². The molecular formula is C6H9O12PS. The lowest BCUT2D eigenvalue weighted by Crippen LogP contribution is -2.76. The molecule has 1 spiro atoms. The highest BCUT2D eigenvalue weighted by Crippen LogP contribution is 2.79. The summed E-state index contributed by atoms with van der Waals surface area (Å²) in [5, 5.41) is 39.2. The molecule has 4 aliphatic heterocycles. The quantitative estimate of drug-likeness (QED) is 0.252. The minimum atomic E-state index is -4.86. The predicted octanol–water partition coefficient (Wildman–Crippen LogP) is -3.16. The standard InChI is InChI=1S/C6H9O12PS/c7-2-3(8)5(10)6(17-19(11,16-5)18-6)15-4(2,9)1-20(12,13)14/h2-3,7-10H,1H2,(H,12,13,14)/t2-,3-,4-,5+,6?,19?/m0/s1. The van der Waals surface area contributed by atoms with Crippen molar-refractivity contribution in [2.24, 2.45) is 0 Å². The summed E-state index contributed by atoms with van der Waals surface area (Å²) in [6, 6.07) is 0. The molecule has 0 unspecified atom stereocenters. The van der Waals surface area contributed by atoms with Gasteiger partial charge in [0.1, 0.15) is 18.0 Å². The fourth-order valence-electron chi connectivity index (χ4n) is 2.17. The van der Waals surface area contributed by atoms with Crippen LogP contribution in [-0.4, -0.2) is 68.9 Å². The van der Waals surface area contributed by atoms with E-state index in [1.165, 1.54) is 0 Å². The third kappa shape index (κ3) is 1.68. The van der Waals surface area contributed by atoms with Gasteiger partial charge < -0.3 is 20.4 Å². The number of aliphatic hydroxyl groups is 4. The van der Waals surface area contributed by atoms with Crippen molar-refractivity contribution in [1.29, 1.82) is 0 Å². The maximum absolute atomic E-state index is 11.4. The summed E-state index contributed by atoms with van der Waals surface area (Å²) in [6.45, 7) is 0. The second-order valence-corrected chi connectivity index (χ2v) is 7.43. The first-order valence-electron chi connectivity index (χ1n) is 5.03. The maximum atomic E-state index is 11.4. The summed E-state index contributed by atoms with van der Waals surface area (Å²) in [5.41, 5.74) is 0. The minimum absolute atomic E-state index is 1.58. The third-order valence-corrected chi connectivity index (χ3v) is 5.22. The lowest BCUT2D eigenvalue weighted by molar-refractivity contribution is -0.515. The van der Waals surface area contributed by atoms with Crippen LogP contribution in [0.2, 0.25) is 0 Å².